The molecule has 0 N–H and O–H groups in total. The number of ketones is 1. The molecular formula is C12H21NO4. The van der Waals surface area contributed by atoms with E-state index >= 15 is 0 Å². The maximum atomic E-state index is 11.3. The smallest absolute Gasteiger partial charge is 0.313 e. The van der Waals surface area contributed by atoms with Gasteiger partial charge in [-0.2, -0.15) is 0 Å². The van der Waals surface area contributed by atoms with Crippen LogP contribution in [0.3, 0.4) is 0 Å². The first-order valence-electron chi connectivity index (χ1n) is 6.19. The molecule has 17 heavy (non-hydrogen) atoms. The average molecular weight is 243 g/mol. The van der Waals surface area contributed by atoms with Crippen LogP contribution in [0.4, 0.5) is 0 Å². The standard InChI is InChI=1S/C12H21NO4/c1-2-17-12(15)9-11(14)10-16-8-7-13-5-3-4-6-13/h2-10H2,1H3. The third-order valence-electron chi connectivity index (χ3n) is 2.66. The highest BCUT2D eigenvalue weighted by atomic mass is 16.5. The fourth-order valence-corrected chi connectivity index (χ4v) is 1.81. The molecular weight excluding hydrogens is 222 g/mol. The van der Waals surface area contributed by atoms with Gasteiger partial charge in [-0.25, -0.2) is 0 Å². The van der Waals surface area contributed by atoms with Crippen LogP contribution in [0.1, 0.15) is 26.2 Å². The summed E-state index contributed by atoms with van der Waals surface area (Å²) >= 11 is 0. The number of esters is 1. The number of likely N-dealkylation sites (tertiary alicyclic amines) is 1. The fraction of sp³-hybridized carbons (Fsp3) is 0.833. The Balaban J connectivity index is 1.97. The number of carbonyl (C=O) groups is 2. The molecule has 0 aromatic carbocycles. The first kappa shape index (κ1) is 14.1. The summed E-state index contributed by atoms with van der Waals surface area (Å²) in [7, 11) is 0. The van der Waals surface area contributed by atoms with Crippen LogP contribution in [-0.4, -0.2) is 56.1 Å². The molecule has 5 heteroatoms. The van der Waals surface area contributed by atoms with E-state index in [4.69, 9.17) is 4.74 Å². The van der Waals surface area contributed by atoms with Crippen molar-refractivity contribution >= 4 is 11.8 Å². The van der Waals surface area contributed by atoms with Crippen LogP contribution in [0.5, 0.6) is 0 Å². The van der Waals surface area contributed by atoms with Gasteiger partial charge in [-0.15, -0.1) is 0 Å². The zero-order valence-electron chi connectivity index (χ0n) is 10.4. The van der Waals surface area contributed by atoms with Crippen LogP contribution in [0.25, 0.3) is 0 Å². The Labute approximate surface area is 102 Å². The van der Waals surface area contributed by atoms with Crippen LogP contribution in [-0.2, 0) is 19.1 Å². The van der Waals surface area contributed by atoms with Crippen molar-refractivity contribution in [3.8, 4) is 0 Å². The van der Waals surface area contributed by atoms with E-state index in [1.165, 1.54) is 12.8 Å². The van der Waals surface area contributed by atoms with Gasteiger partial charge in [0.15, 0.2) is 5.78 Å². The second-order valence-corrected chi connectivity index (χ2v) is 4.12. The van der Waals surface area contributed by atoms with Gasteiger partial charge in [-0.05, 0) is 32.9 Å². The van der Waals surface area contributed by atoms with Gasteiger partial charge in [0, 0.05) is 6.54 Å². The summed E-state index contributed by atoms with van der Waals surface area (Å²) in [5, 5.41) is 0. The van der Waals surface area contributed by atoms with E-state index in [9.17, 15) is 9.59 Å². The molecule has 0 atom stereocenters. The van der Waals surface area contributed by atoms with Gasteiger partial charge >= 0.3 is 5.97 Å². The van der Waals surface area contributed by atoms with Crippen LogP contribution >= 0.6 is 0 Å². The summed E-state index contributed by atoms with van der Waals surface area (Å²) in [6.45, 7) is 5.70. The van der Waals surface area contributed by atoms with E-state index in [0.29, 0.717) is 13.2 Å². The Kier molecular flexibility index (Phi) is 6.81. The molecule has 5 nitrogen and oxygen atoms in total. The van der Waals surface area contributed by atoms with E-state index in [0.717, 1.165) is 19.6 Å². The van der Waals surface area contributed by atoms with Crippen molar-refractivity contribution in [2.24, 2.45) is 0 Å². The molecule has 0 amide bonds. The first-order valence-corrected chi connectivity index (χ1v) is 6.19. The van der Waals surface area contributed by atoms with E-state index in [-0.39, 0.29) is 18.8 Å². The number of hydrogen-bond donors (Lipinski definition) is 0. The molecule has 0 saturated carbocycles. The highest BCUT2D eigenvalue weighted by molar-refractivity contribution is 5.96. The van der Waals surface area contributed by atoms with Crippen LogP contribution in [0, 0.1) is 0 Å². The van der Waals surface area contributed by atoms with E-state index in [1.807, 2.05) is 0 Å². The second kappa shape index (κ2) is 8.20. The Morgan fingerprint density at radius 3 is 2.59 bits per heavy atom. The Hall–Kier alpha value is -0.940. The van der Waals surface area contributed by atoms with E-state index in [1.54, 1.807) is 6.92 Å². The number of nitrogens with zero attached hydrogens (tertiary/aromatic N) is 1. The number of rotatable bonds is 8. The lowest BCUT2D eigenvalue weighted by Crippen LogP contribution is -2.25. The number of Topliss-reactive ketones (excluding diaryl/α,β-unsaturated/α-hetero) is 1. The molecule has 1 aliphatic heterocycles. The monoisotopic (exact) mass is 243 g/mol. The summed E-state index contributed by atoms with van der Waals surface area (Å²) in [6.07, 6.45) is 2.32. The molecule has 1 saturated heterocycles. The first-order chi connectivity index (χ1) is 8.22. The third-order valence-corrected chi connectivity index (χ3v) is 2.66. The largest absolute Gasteiger partial charge is 0.466 e. The number of hydrogen-bond acceptors (Lipinski definition) is 5. The van der Waals surface area contributed by atoms with Crippen molar-refractivity contribution < 1.29 is 19.1 Å². The summed E-state index contributed by atoms with van der Waals surface area (Å²) in [6, 6.07) is 0. The minimum absolute atomic E-state index is 0.00660. The maximum Gasteiger partial charge on any atom is 0.313 e. The van der Waals surface area contributed by atoms with Crippen molar-refractivity contribution in [1.82, 2.24) is 4.90 Å². The normalized spacial score (nSPS) is 16.1. The van der Waals surface area contributed by atoms with Crippen molar-refractivity contribution in [2.75, 3.05) is 39.5 Å². The SMILES string of the molecule is CCOC(=O)CC(=O)COCCN1CCCC1. The third kappa shape index (κ3) is 6.38. The van der Waals surface area contributed by atoms with Crippen molar-refractivity contribution in [2.45, 2.75) is 26.2 Å². The van der Waals surface area contributed by atoms with Crippen LogP contribution in [0.15, 0.2) is 0 Å². The molecule has 1 fully saturated rings. The molecule has 98 valence electrons. The Morgan fingerprint density at radius 1 is 1.24 bits per heavy atom. The van der Waals surface area contributed by atoms with Crippen LogP contribution in [0.2, 0.25) is 0 Å². The van der Waals surface area contributed by atoms with Crippen molar-refractivity contribution in [3.05, 3.63) is 0 Å². The zero-order valence-corrected chi connectivity index (χ0v) is 10.4. The van der Waals surface area contributed by atoms with Gasteiger partial charge in [0.1, 0.15) is 13.0 Å². The Morgan fingerprint density at radius 2 is 1.94 bits per heavy atom. The van der Waals surface area contributed by atoms with Crippen LogP contribution < -0.4 is 0 Å². The second-order valence-electron chi connectivity index (χ2n) is 4.12. The van der Waals surface area contributed by atoms with E-state index in [2.05, 4.69) is 9.64 Å². The maximum absolute atomic E-state index is 11.3. The molecule has 1 rings (SSSR count). The van der Waals surface area contributed by atoms with Gasteiger partial charge in [-0.3, -0.25) is 9.59 Å². The highest BCUT2D eigenvalue weighted by Gasteiger charge is 2.12. The van der Waals surface area contributed by atoms with Gasteiger partial charge in [0.05, 0.1) is 13.2 Å². The molecule has 0 spiro atoms. The summed E-state index contributed by atoms with van der Waals surface area (Å²) < 4.78 is 9.91. The summed E-state index contributed by atoms with van der Waals surface area (Å²) in [5.74, 6) is -0.689. The number of carbonyl (C=O) groups excluding carboxylic acids is 2. The molecule has 1 heterocycles. The Bertz CT molecular complexity index is 249. The predicted octanol–water partition coefficient (Wildman–Crippen LogP) is 0.621. The fourth-order valence-electron chi connectivity index (χ4n) is 1.81. The average Bonchev–Trinajstić information content (AvgIpc) is 2.77. The quantitative estimate of drug-likeness (QED) is 0.355. The molecule has 0 aliphatic carbocycles. The minimum Gasteiger partial charge on any atom is -0.466 e. The molecule has 0 aromatic heterocycles. The van der Waals surface area contributed by atoms with Crippen molar-refractivity contribution in [3.63, 3.8) is 0 Å². The van der Waals surface area contributed by atoms with Gasteiger partial charge in [0.2, 0.25) is 0 Å². The van der Waals surface area contributed by atoms with Gasteiger partial charge < -0.3 is 14.4 Å². The lowest BCUT2D eigenvalue weighted by Gasteiger charge is -2.13. The number of ether oxygens (including phenoxy) is 2. The van der Waals surface area contributed by atoms with Gasteiger partial charge in [0.25, 0.3) is 0 Å². The highest BCUT2D eigenvalue weighted by Crippen LogP contribution is 2.05. The summed E-state index contributed by atoms with van der Waals surface area (Å²) in [5.41, 5.74) is 0. The predicted molar refractivity (Wildman–Crippen MR) is 62.8 cm³/mol. The van der Waals surface area contributed by atoms with Crippen molar-refractivity contribution in [1.29, 1.82) is 0 Å². The minimum atomic E-state index is -0.472. The zero-order chi connectivity index (χ0) is 12.5. The molecule has 0 unspecified atom stereocenters. The van der Waals surface area contributed by atoms with E-state index < -0.39 is 5.97 Å². The lowest BCUT2D eigenvalue weighted by atomic mass is 10.3. The van der Waals surface area contributed by atoms with Gasteiger partial charge in [-0.1, -0.05) is 0 Å². The molecule has 0 aromatic rings. The topological polar surface area (TPSA) is 55.8 Å². The molecule has 1 aliphatic rings. The molecule has 0 radical (unpaired) electrons. The molecule has 0 bridgehead atoms. The lowest BCUT2D eigenvalue weighted by molar-refractivity contribution is -0.146. The summed E-state index contributed by atoms with van der Waals surface area (Å²) in [4.78, 5) is 24.6.